The molecule has 1 aromatic rings. The fourth-order valence-corrected chi connectivity index (χ4v) is 0.962. The lowest BCUT2D eigenvalue weighted by Gasteiger charge is -2.08. The van der Waals surface area contributed by atoms with Crippen LogP contribution in [0.25, 0.3) is 0 Å². The van der Waals surface area contributed by atoms with Crippen molar-refractivity contribution in [2.75, 3.05) is 31.0 Å². The lowest BCUT2D eigenvalue weighted by atomic mass is 10.3. The number of hydrogen-bond acceptors (Lipinski definition) is 6. The first-order valence-electron chi connectivity index (χ1n) is 4.31. The predicted octanol–water partition coefficient (Wildman–Crippen LogP) is 0.129. The molecule has 0 aromatic carbocycles. The molecule has 6 heteroatoms. The van der Waals surface area contributed by atoms with E-state index in [1.54, 1.807) is 13.3 Å². The van der Waals surface area contributed by atoms with Gasteiger partial charge in [-0.3, -0.25) is 5.43 Å². The van der Waals surface area contributed by atoms with E-state index in [1.165, 1.54) is 0 Å². The van der Waals surface area contributed by atoms with E-state index in [9.17, 15) is 0 Å². The number of anilines is 2. The number of nitrogens with zero attached hydrogens (tertiary/aromatic N) is 2. The maximum absolute atomic E-state index is 5.20. The molecule has 0 atom stereocenters. The number of hydrogen-bond donors (Lipinski definition) is 3. The van der Waals surface area contributed by atoms with Crippen LogP contribution in [0.15, 0.2) is 6.20 Å². The molecule has 0 aliphatic rings. The summed E-state index contributed by atoms with van der Waals surface area (Å²) in [4.78, 5) is 8.12. The molecule has 0 aliphatic heterocycles. The van der Waals surface area contributed by atoms with Crippen molar-refractivity contribution in [3.05, 3.63) is 11.8 Å². The Kier molecular flexibility index (Phi) is 4.09. The molecule has 14 heavy (non-hydrogen) atoms. The third-order valence-corrected chi connectivity index (χ3v) is 1.70. The van der Waals surface area contributed by atoms with Gasteiger partial charge in [-0.2, -0.15) is 4.98 Å². The minimum atomic E-state index is 0.399. The van der Waals surface area contributed by atoms with Crippen molar-refractivity contribution in [3.8, 4) is 0 Å². The average molecular weight is 197 g/mol. The number of aromatic nitrogens is 2. The Hall–Kier alpha value is -1.40. The van der Waals surface area contributed by atoms with Crippen molar-refractivity contribution in [1.82, 2.24) is 9.97 Å². The van der Waals surface area contributed by atoms with Crippen LogP contribution < -0.4 is 16.6 Å². The highest BCUT2D eigenvalue weighted by Crippen LogP contribution is 2.10. The standard InChI is InChI=1S/C8H15N5O/c1-6-5-11-8(13-9)12-7(6)10-3-4-14-2/h5H,3-4,9H2,1-2H3,(H2,10,11,12,13). The molecule has 0 amide bonds. The van der Waals surface area contributed by atoms with Gasteiger partial charge in [0.05, 0.1) is 6.61 Å². The van der Waals surface area contributed by atoms with Gasteiger partial charge in [-0.05, 0) is 6.92 Å². The molecule has 1 rings (SSSR count). The second kappa shape index (κ2) is 5.36. The summed E-state index contributed by atoms with van der Waals surface area (Å²) >= 11 is 0. The van der Waals surface area contributed by atoms with Gasteiger partial charge in [-0.15, -0.1) is 0 Å². The summed E-state index contributed by atoms with van der Waals surface area (Å²) in [6.45, 7) is 3.27. The largest absolute Gasteiger partial charge is 0.383 e. The van der Waals surface area contributed by atoms with Crippen LogP contribution in [-0.4, -0.2) is 30.2 Å². The molecule has 0 spiro atoms. The molecule has 0 radical (unpaired) electrons. The number of nitrogens with two attached hydrogens (primary N) is 1. The Bertz CT molecular complexity index is 291. The fraction of sp³-hybridized carbons (Fsp3) is 0.500. The van der Waals surface area contributed by atoms with Crippen molar-refractivity contribution in [1.29, 1.82) is 0 Å². The number of ether oxygens (including phenoxy) is 1. The summed E-state index contributed by atoms with van der Waals surface area (Å²) in [7, 11) is 1.65. The number of hydrazine groups is 1. The molecule has 4 N–H and O–H groups in total. The lowest BCUT2D eigenvalue weighted by molar-refractivity contribution is 0.210. The molecule has 78 valence electrons. The van der Waals surface area contributed by atoms with Crippen molar-refractivity contribution in [2.45, 2.75) is 6.92 Å². The molecule has 0 saturated carbocycles. The Morgan fingerprint density at radius 3 is 3.00 bits per heavy atom. The summed E-state index contributed by atoms with van der Waals surface area (Å²) in [5, 5.41) is 3.12. The number of aryl methyl sites for hydroxylation is 1. The fourth-order valence-electron chi connectivity index (χ4n) is 0.962. The van der Waals surface area contributed by atoms with Crippen LogP contribution >= 0.6 is 0 Å². The summed E-state index contributed by atoms with van der Waals surface area (Å²) in [6, 6.07) is 0. The summed E-state index contributed by atoms with van der Waals surface area (Å²) in [5.41, 5.74) is 3.36. The Balaban J connectivity index is 2.64. The van der Waals surface area contributed by atoms with E-state index >= 15 is 0 Å². The highest BCUT2D eigenvalue weighted by atomic mass is 16.5. The van der Waals surface area contributed by atoms with Crippen LogP contribution in [0.1, 0.15) is 5.56 Å². The van der Waals surface area contributed by atoms with Crippen molar-refractivity contribution >= 4 is 11.8 Å². The monoisotopic (exact) mass is 197 g/mol. The molecular weight excluding hydrogens is 182 g/mol. The lowest BCUT2D eigenvalue weighted by Crippen LogP contribution is -2.14. The van der Waals surface area contributed by atoms with E-state index < -0.39 is 0 Å². The summed E-state index contributed by atoms with van der Waals surface area (Å²) in [5.74, 6) is 6.36. The van der Waals surface area contributed by atoms with Crippen LogP contribution in [0.4, 0.5) is 11.8 Å². The van der Waals surface area contributed by atoms with Crippen LogP contribution in [-0.2, 0) is 4.74 Å². The van der Waals surface area contributed by atoms with E-state index in [-0.39, 0.29) is 0 Å². The van der Waals surface area contributed by atoms with Crippen molar-refractivity contribution < 1.29 is 4.74 Å². The van der Waals surface area contributed by atoms with Crippen LogP contribution in [0.5, 0.6) is 0 Å². The van der Waals surface area contributed by atoms with E-state index in [0.717, 1.165) is 11.4 Å². The molecule has 1 heterocycles. The number of nitrogen functional groups attached to an aromatic ring is 1. The van der Waals surface area contributed by atoms with Crippen molar-refractivity contribution in [3.63, 3.8) is 0 Å². The van der Waals surface area contributed by atoms with Gasteiger partial charge < -0.3 is 10.1 Å². The first-order chi connectivity index (χ1) is 6.77. The smallest absolute Gasteiger partial charge is 0.239 e. The second-order valence-electron chi connectivity index (χ2n) is 2.79. The quantitative estimate of drug-likeness (QED) is 0.353. The van der Waals surface area contributed by atoms with E-state index in [4.69, 9.17) is 10.6 Å². The summed E-state index contributed by atoms with van der Waals surface area (Å²) < 4.78 is 4.91. The van der Waals surface area contributed by atoms with Gasteiger partial charge >= 0.3 is 0 Å². The second-order valence-corrected chi connectivity index (χ2v) is 2.79. The maximum Gasteiger partial charge on any atom is 0.239 e. The highest BCUT2D eigenvalue weighted by molar-refractivity contribution is 5.45. The highest BCUT2D eigenvalue weighted by Gasteiger charge is 2.01. The van der Waals surface area contributed by atoms with E-state index in [0.29, 0.717) is 19.1 Å². The Morgan fingerprint density at radius 1 is 1.57 bits per heavy atom. The predicted molar refractivity (Wildman–Crippen MR) is 54.9 cm³/mol. The first kappa shape index (κ1) is 10.7. The Labute approximate surface area is 82.9 Å². The normalized spacial score (nSPS) is 9.93. The van der Waals surface area contributed by atoms with Gasteiger partial charge in [-0.1, -0.05) is 0 Å². The number of rotatable bonds is 5. The number of nitrogens with one attached hydrogen (secondary N) is 2. The molecule has 0 aliphatic carbocycles. The number of methoxy groups -OCH3 is 1. The van der Waals surface area contributed by atoms with Crippen LogP contribution in [0.2, 0.25) is 0 Å². The van der Waals surface area contributed by atoms with Gasteiger partial charge in [0.25, 0.3) is 0 Å². The summed E-state index contributed by atoms with van der Waals surface area (Å²) in [6.07, 6.45) is 1.71. The zero-order valence-corrected chi connectivity index (χ0v) is 8.37. The van der Waals surface area contributed by atoms with Gasteiger partial charge in [0.2, 0.25) is 5.95 Å². The molecule has 1 aromatic heterocycles. The minimum absolute atomic E-state index is 0.399. The van der Waals surface area contributed by atoms with Gasteiger partial charge in [0, 0.05) is 25.4 Å². The molecule has 0 unspecified atom stereocenters. The molecular formula is C8H15N5O. The molecule has 0 fully saturated rings. The van der Waals surface area contributed by atoms with E-state index in [1.807, 2.05) is 6.92 Å². The van der Waals surface area contributed by atoms with Gasteiger partial charge in [0.1, 0.15) is 5.82 Å². The minimum Gasteiger partial charge on any atom is -0.383 e. The van der Waals surface area contributed by atoms with Gasteiger partial charge in [-0.25, -0.2) is 10.8 Å². The third-order valence-electron chi connectivity index (χ3n) is 1.70. The average Bonchev–Trinajstić information content (AvgIpc) is 2.21. The van der Waals surface area contributed by atoms with Crippen LogP contribution in [0.3, 0.4) is 0 Å². The molecule has 0 saturated heterocycles. The van der Waals surface area contributed by atoms with Crippen molar-refractivity contribution in [2.24, 2.45) is 5.84 Å². The topological polar surface area (TPSA) is 85.1 Å². The first-order valence-corrected chi connectivity index (χ1v) is 4.31. The maximum atomic E-state index is 5.20. The van der Waals surface area contributed by atoms with Crippen LogP contribution in [0, 0.1) is 6.92 Å². The zero-order chi connectivity index (χ0) is 10.4. The molecule has 6 nitrogen and oxygen atoms in total. The Morgan fingerprint density at radius 2 is 2.36 bits per heavy atom. The SMILES string of the molecule is COCCNc1nc(NN)ncc1C. The third kappa shape index (κ3) is 2.82. The van der Waals surface area contributed by atoms with Gasteiger partial charge in [0.15, 0.2) is 0 Å². The molecule has 0 bridgehead atoms. The van der Waals surface area contributed by atoms with E-state index in [2.05, 4.69) is 20.7 Å². The zero-order valence-electron chi connectivity index (χ0n) is 8.37.